The highest BCUT2D eigenvalue weighted by molar-refractivity contribution is 5.68. The number of piperidine rings is 1. The maximum Gasteiger partial charge on any atom is 0.303 e. The zero-order valence-corrected chi connectivity index (χ0v) is 12.6. The summed E-state index contributed by atoms with van der Waals surface area (Å²) in [6, 6.07) is 8.71. The van der Waals surface area contributed by atoms with Crippen LogP contribution in [-0.4, -0.2) is 29.1 Å². The van der Waals surface area contributed by atoms with E-state index in [0.717, 1.165) is 6.54 Å². The summed E-state index contributed by atoms with van der Waals surface area (Å²) in [6.45, 7) is 3.46. The quantitative estimate of drug-likeness (QED) is 0.868. The molecule has 1 aromatic carbocycles. The Balaban J connectivity index is 1.63. The first kappa shape index (κ1) is 14.6. The van der Waals surface area contributed by atoms with Crippen LogP contribution in [0.1, 0.15) is 55.6 Å². The third-order valence-electron chi connectivity index (χ3n) is 4.85. The topological polar surface area (TPSA) is 40.5 Å². The Labute approximate surface area is 127 Å². The summed E-state index contributed by atoms with van der Waals surface area (Å²) in [5.41, 5.74) is 2.56. The van der Waals surface area contributed by atoms with Crippen molar-refractivity contribution >= 4 is 5.97 Å². The van der Waals surface area contributed by atoms with Gasteiger partial charge in [-0.2, -0.15) is 0 Å². The average molecular weight is 287 g/mol. The molecule has 3 heteroatoms. The fourth-order valence-corrected chi connectivity index (χ4v) is 3.49. The number of carboxylic acids is 1. The molecule has 114 valence electrons. The molecule has 2 fully saturated rings. The van der Waals surface area contributed by atoms with Crippen LogP contribution >= 0.6 is 0 Å². The molecule has 0 bridgehead atoms. The van der Waals surface area contributed by atoms with Crippen LogP contribution in [0.15, 0.2) is 24.3 Å². The van der Waals surface area contributed by atoms with Gasteiger partial charge in [0.1, 0.15) is 0 Å². The fraction of sp³-hybridized carbons (Fsp3) is 0.611. The molecule has 21 heavy (non-hydrogen) atoms. The van der Waals surface area contributed by atoms with E-state index < -0.39 is 5.97 Å². The molecule has 1 saturated carbocycles. The Morgan fingerprint density at radius 1 is 1.14 bits per heavy atom. The summed E-state index contributed by atoms with van der Waals surface area (Å²) in [5, 5.41) is 9.09. The Morgan fingerprint density at radius 2 is 1.81 bits per heavy atom. The Kier molecular flexibility index (Phi) is 4.59. The van der Waals surface area contributed by atoms with Crippen LogP contribution < -0.4 is 0 Å². The summed E-state index contributed by atoms with van der Waals surface area (Å²) < 4.78 is 0. The number of hydrogen-bond donors (Lipinski definition) is 1. The zero-order valence-electron chi connectivity index (χ0n) is 12.6. The van der Waals surface area contributed by atoms with Gasteiger partial charge in [0.2, 0.25) is 0 Å². The summed E-state index contributed by atoms with van der Waals surface area (Å²) >= 11 is 0. The van der Waals surface area contributed by atoms with Gasteiger partial charge in [-0.15, -0.1) is 0 Å². The summed E-state index contributed by atoms with van der Waals surface area (Å²) in [5.74, 6) is 0.130. The fourth-order valence-electron chi connectivity index (χ4n) is 3.49. The van der Waals surface area contributed by atoms with Crippen LogP contribution in [0.4, 0.5) is 0 Å². The number of nitrogens with zero attached hydrogens (tertiary/aromatic N) is 1. The van der Waals surface area contributed by atoms with Crippen molar-refractivity contribution < 1.29 is 9.90 Å². The van der Waals surface area contributed by atoms with Crippen molar-refractivity contribution in [2.75, 3.05) is 13.1 Å². The molecule has 2 aliphatic rings. The molecule has 1 aliphatic carbocycles. The first-order chi connectivity index (χ1) is 10.2. The molecule has 1 aliphatic heterocycles. The number of benzene rings is 1. The van der Waals surface area contributed by atoms with Gasteiger partial charge >= 0.3 is 5.97 Å². The van der Waals surface area contributed by atoms with Crippen LogP contribution in [0.5, 0.6) is 0 Å². The second-order valence-corrected chi connectivity index (χ2v) is 6.62. The predicted octanol–water partition coefficient (Wildman–Crippen LogP) is 3.64. The van der Waals surface area contributed by atoms with Gasteiger partial charge in [-0.3, -0.25) is 9.69 Å². The highest BCUT2D eigenvalue weighted by atomic mass is 16.4. The molecule has 1 saturated heterocycles. The van der Waals surface area contributed by atoms with Crippen LogP contribution in [0.25, 0.3) is 0 Å². The zero-order chi connectivity index (χ0) is 14.7. The van der Waals surface area contributed by atoms with Gasteiger partial charge in [0.05, 0.1) is 6.42 Å². The molecular formula is C18H25NO2. The van der Waals surface area contributed by atoms with E-state index in [1.807, 2.05) is 0 Å². The first-order valence-corrected chi connectivity index (χ1v) is 8.25. The SMILES string of the molecule is O=C(O)CC(c1ccc(CN2CCCCC2)cc1)C1CC1. The average Bonchev–Trinajstić information content (AvgIpc) is 3.31. The van der Waals surface area contributed by atoms with Gasteiger partial charge in [-0.25, -0.2) is 0 Å². The first-order valence-electron chi connectivity index (χ1n) is 8.25. The summed E-state index contributed by atoms with van der Waals surface area (Å²) in [6.07, 6.45) is 6.66. The van der Waals surface area contributed by atoms with Crippen molar-refractivity contribution in [3.63, 3.8) is 0 Å². The van der Waals surface area contributed by atoms with Crippen LogP contribution in [0.2, 0.25) is 0 Å². The number of carbonyl (C=O) groups is 1. The molecule has 0 amide bonds. The molecule has 1 unspecified atom stereocenters. The molecular weight excluding hydrogens is 262 g/mol. The van der Waals surface area contributed by atoms with Gasteiger partial charge < -0.3 is 5.11 Å². The maximum absolute atomic E-state index is 11.0. The van der Waals surface area contributed by atoms with Crippen LogP contribution in [0.3, 0.4) is 0 Å². The molecule has 0 spiro atoms. The lowest BCUT2D eigenvalue weighted by molar-refractivity contribution is -0.137. The van der Waals surface area contributed by atoms with Gasteiger partial charge in [-0.05, 0) is 61.7 Å². The van der Waals surface area contributed by atoms with E-state index in [9.17, 15) is 4.79 Å². The second-order valence-electron chi connectivity index (χ2n) is 6.62. The minimum atomic E-state index is -0.677. The molecule has 0 aromatic heterocycles. The lowest BCUT2D eigenvalue weighted by atomic mass is 9.90. The molecule has 1 atom stereocenters. The number of hydrogen-bond acceptors (Lipinski definition) is 2. The molecule has 3 rings (SSSR count). The number of aliphatic carboxylic acids is 1. The van der Waals surface area contributed by atoms with Crippen LogP contribution in [-0.2, 0) is 11.3 Å². The highest BCUT2D eigenvalue weighted by Gasteiger charge is 2.33. The van der Waals surface area contributed by atoms with Gasteiger partial charge in [0.25, 0.3) is 0 Å². The second kappa shape index (κ2) is 6.61. The predicted molar refractivity (Wildman–Crippen MR) is 83.3 cm³/mol. The monoisotopic (exact) mass is 287 g/mol. The lowest BCUT2D eigenvalue weighted by Gasteiger charge is -2.26. The van der Waals surface area contributed by atoms with E-state index in [4.69, 9.17) is 5.11 Å². The summed E-state index contributed by atoms with van der Waals surface area (Å²) in [4.78, 5) is 13.6. The van der Waals surface area contributed by atoms with E-state index >= 15 is 0 Å². The van der Waals surface area contributed by atoms with Gasteiger partial charge in [0.15, 0.2) is 0 Å². The minimum Gasteiger partial charge on any atom is -0.481 e. The molecule has 0 radical (unpaired) electrons. The molecule has 1 heterocycles. The van der Waals surface area contributed by atoms with Crippen molar-refractivity contribution in [3.05, 3.63) is 35.4 Å². The van der Waals surface area contributed by atoms with E-state index in [1.165, 1.54) is 56.3 Å². The molecule has 1 N–H and O–H groups in total. The van der Waals surface area contributed by atoms with Gasteiger partial charge in [-0.1, -0.05) is 30.7 Å². The van der Waals surface area contributed by atoms with Crippen molar-refractivity contribution in [2.24, 2.45) is 5.92 Å². The third kappa shape index (κ3) is 4.07. The van der Waals surface area contributed by atoms with Crippen molar-refractivity contribution in [3.8, 4) is 0 Å². The lowest BCUT2D eigenvalue weighted by Crippen LogP contribution is -2.29. The van der Waals surface area contributed by atoms with Crippen molar-refractivity contribution in [1.82, 2.24) is 4.90 Å². The van der Waals surface area contributed by atoms with Gasteiger partial charge in [0, 0.05) is 6.54 Å². The Hall–Kier alpha value is -1.35. The number of likely N-dealkylation sites (tertiary alicyclic amines) is 1. The Morgan fingerprint density at radius 3 is 2.38 bits per heavy atom. The van der Waals surface area contributed by atoms with E-state index in [1.54, 1.807) is 0 Å². The molecule has 3 nitrogen and oxygen atoms in total. The molecule has 1 aromatic rings. The van der Waals surface area contributed by atoms with E-state index in [2.05, 4.69) is 29.2 Å². The standard InChI is InChI=1S/C18H25NO2/c20-18(21)12-17(16-8-9-16)15-6-4-14(5-7-15)13-19-10-2-1-3-11-19/h4-7,16-17H,1-3,8-13H2,(H,20,21). The van der Waals surface area contributed by atoms with Crippen molar-refractivity contribution in [1.29, 1.82) is 0 Å². The van der Waals surface area contributed by atoms with E-state index in [-0.39, 0.29) is 12.3 Å². The highest BCUT2D eigenvalue weighted by Crippen LogP contribution is 2.44. The van der Waals surface area contributed by atoms with Crippen molar-refractivity contribution in [2.45, 2.75) is 51.0 Å². The number of rotatable bonds is 6. The third-order valence-corrected chi connectivity index (χ3v) is 4.85. The van der Waals surface area contributed by atoms with E-state index in [0.29, 0.717) is 5.92 Å². The maximum atomic E-state index is 11.0. The normalized spacial score (nSPS) is 21.1. The number of carboxylic acid groups (broad SMARTS) is 1. The summed E-state index contributed by atoms with van der Waals surface area (Å²) in [7, 11) is 0. The Bertz CT molecular complexity index is 472. The van der Waals surface area contributed by atoms with Crippen LogP contribution in [0, 0.1) is 5.92 Å². The minimum absolute atomic E-state index is 0.214. The smallest absolute Gasteiger partial charge is 0.303 e. The largest absolute Gasteiger partial charge is 0.481 e.